The number of carbonyl (C=O) groups excluding carboxylic acids is 2. The van der Waals surface area contributed by atoms with Gasteiger partial charge in [-0.3, -0.25) is 14.5 Å². The first kappa shape index (κ1) is 14.4. The fraction of sp³-hybridized carbons (Fsp3) is 0.118. The first-order valence-electron chi connectivity index (χ1n) is 6.70. The quantitative estimate of drug-likeness (QED) is 0.629. The highest BCUT2D eigenvalue weighted by molar-refractivity contribution is 8.06. The number of anilines is 2. The molecule has 1 amide bonds. The third kappa shape index (κ3) is 2.00. The number of hydrogen-bond donors (Lipinski definition) is 0. The maximum atomic E-state index is 12.9. The zero-order valence-corrected chi connectivity index (χ0v) is 12.6. The molecule has 0 aliphatic carbocycles. The molecule has 3 rings (SSSR count). The molecule has 22 heavy (non-hydrogen) atoms. The summed E-state index contributed by atoms with van der Waals surface area (Å²) in [5, 5.41) is 10.9. The Kier molecular flexibility index (Phi) is 3.47. The average Bonchev–Trinajstić information content (AvgIpc) is 2.55. The Balaban J connectivity index is 2.25. The van der Waals surface area contributed by atoms with Crippen LogP contribution in [0, 0.1) is 10.7 Å². The number of Topliss-reactive ketones (excluding diaryl/α,β-unsaturated/α-hetero) is 1. The molecule has 1 heterocycles. The fourth-order valence-electron chi connectivity index (χ4n) is 2.55. The number of amides is 1. The van der Waals surface area contributed by atoms with Crippen LogP contribution in [0.4, 0.5) is 11.4 Å². The van der Waals surface area contributed by atoms with Crippen LogP contribution >= 0.6 is 11.8 Å². The maximum absolute atomic E-state index is 12.9. The molecule has 0 spiro atoms. The van der Waals surface area contributed by atoms with Gasteiger partial charge in [-0.1, -0.05) is 30.3 Å². The Hall–Kier alpha value is -2.58. The molecule has 0 aromatic heterocycles. The van der Waals surface area contributed by atoms with E-state index in [4.69, 9.17) is 5.26 Å². The number of para-hydroxylation sites is 2. The molecule has 5 heteroatoms. The molecule has 108 valence electrons. The van der Waals surface area contributed by atoms with E-state index >= 15 is 0 Å². The molecule has 0 bridgehead atoms. The highest BCUT2D eigenvalue weighted by Gasteiger charge is 2.50. The fourth-order valence-corrected chi connectivity index (χ4v) is 3.12. The van der Waals surface area contributed by atoms with Gasteiger partial charge < -0.3 is 0 Å². The van der Waals surface area contributed by atoms with Crippen LogP contribution in [0.1, 0.15) is 17.3 Å². The number of benzene rings is 2. The van der Waals surface area contributed by atoms with Crippen LogP contribution in [0.2, 0.25) is 0 Å². The van der Waals surface area contributed by atoms with Gasteiger partial charge in [-0.25, -0.2) is 0 Å². The predicted octanol–water partition coefficient (Wildman–Crippen LogP) is 3.52. The van der Waals surface area contributed by atoms with Crippen LogP contribution in [0.5, 0.6) is 0 Å². The van der Waals surface area contributed by atoms with Crippen molar-refractivity contribution in [3.8, 4) is 5.40 Å². The van der Waals surface area contributed by atoms with Crippen molar-refractivity contribution >= 4 is 34.8 Å². The largest absolute Gasteiger partial charge is 0.292 e. The molecule has 4 nitrogen and oxygen atoms in total. The van der Waals surface area contributed by atoms with Crippen LogP contribution < -0.4 is 4.90 Å². The topological polar surface area (TPSA) is 61.2 Å². The number of rotatable bonds is 2. The van der Waals surface area contributed by atoms with Gasteiger partial charge >= 0.3 is 0 Å². The van der Waals surface area contributed by atoms with E-state index in [2.05, 4.69) is 0 Å². The van der Waals surface area contributed by atoms with E-state index in [1.54, 1.807) is 24.3 Å². The standard InChI is InChI=1S/C17H12N2O2S/c1-17(22-11-18)15(20)13-9-5-6-10-14(13)19(16(17)21)12-7-3-2-4-8-12/h2-10H,1H3. The second-order valence-corrected chi connectivity index (χ2v) is 6.25. The minimum absolute atomic E-state index is 0.327. The molecule has 0 saturated heterocycles. The van der Waals surface area contributed by atoms with Crippen molar-refractivity contribution in [3.05, 3.63) is 60.2 Å². The van der Waals surface area contributed by atoms with Gasteiger partial charge in [-0.15, -0.1) is 0 Å². The smallest absolute Gasteiger partial charge is 0.256 e. The predicted molar refractivity (Wildman–Crippen MR) is 86.0 cm³/mol. The van der Waals surface area contributed by atoms with E-state index in [1.165, 1.54) is 11.8 Å². The number of nitriles is 1. The highest BCUT2D eigenvalue weighted by Crippen LogP contribution is 2.42. The van der Waals surface area contributed by atoms with Crippen LogP contribution in [-0.4, -0.2) is 16.4 Å². The Morgan fingerprint density at radius 1 is 1.05 bits per heavy atom. The summed E-state index contributed by atoms with van der Waals surface area (Å²) in [4.78, 5) is 27.2. The van der Waals surface area contributed by atoms with E-state index in [-0.39, 0.29) is 5.78 Å². The molecule has 2 aromatic rings. The van der Waals surface area contributed by atoms with Crippen molar-refractivity contribution in [1.29, 1.82) is 5.26 Å². The Morgan fingerprint density at radius 2 is 1.68 bits per heavy atom. The Bertz CT molecular complexity index is 798. The number of carbonyl (C=O) groups is 2. The monoisotopic (exact) mass is 308 g/mol. The molecule has 0 radical (unpaired) electrons. The summed E-state index contributed by atoms with van der Waals surface area (Å²) >= 11 is 0.698. The minimum atomic E-state index is -1.43. The summed E-state index contributed by atoms with van der Waals surface area (Å²) in [6.45, 7) is 1.51. The van der Waals surface area contributed by atoms with Crippen molar-refractivity contribution in [2.45, 2.75) is 11.7 Å². The van der Waals surface area contributed by atoms with E-state index in [1.807, 2.05) is 35.7 Å². The molecule has 1 aliphatic heterocycles. The van der Waals surface area contributed by atoms with Gasteiger partial charge in [0.25, 0.3) is 5.91 Å². The molecule has 0 N–H and O–H groups in total. The number of hydrogen-bond acceptors (Lipinski definition) is 4. The van der Waals surface area contributed by atoms with E-state index in [0.29, 0.717) is 28.7 Å². The Labute approximate surface area is 132 Å². The molecule has 1 aliphatic rings. The summed E-state index contributed by atoms with van der Waals surface area (Å²) < 4.78 is -1.43. The average molecular weight is 308 g/mol. The number of thiocyanates is 1. The number of nitrogens with zero attached hydrogens (tertiary/aromatic N) is 2. The van der Waals surface area contributed by atoms with Crippen molar-refractivity contribution in [2.75, 3.05) is 4.90 Å². The number of fused-ring (bicyclic) bond motifs is 1. The molecular weight excluding hydrogens is 296 g/mol. The van der Waals surface area contributed by atoms with Gasteiger partial charge in [0.2, 0.25) is 0 Å². The first-order valence-corrected chi connectivity index (χ1v) is 7.52. The van der Waals surface area contributed by atoms with Gasteiger partial charge in [0, 0.05) is 11.3 Å². The van der Waals surface area contributed by atoms with Crippen molar-refractivity contribution in [3.63, 3.8) is 0 Å². The molecule has 2 aromatic carbocycles. The lowest BCUT2D eigenvalue weighted by Gasteiger charge is -2.37. The maximum Gasteiger partial charge on any atom is 0.256 e. The highest BCUT2D eigenvalue weighted by atomic mass is 32.2. The summed E-state index contributed by atoms with van der Waals surface area (Å²) in [6.07, 6.45) is 0. The molecule has 1 unspecified atom stereocenters. The van der Waals surface area contributed by atoms with Crippen molar-refractivity contribution < 1.29 is 9.59 Å². The third-order valence-electron chi connectivity index (χ3n) is 3.70. The van der Waals surface area contributed by atoms with Gasteiger partial charge in [0.1, 0.15) is 5.40 Å². The van der Waals surface area contributed by atoms with Crippen molar-refractivity contribution in [2.24, 2.45) is 0 Å². The van der Waals surface area contributed by atoms with Crippen LogP contribution in [0.15, 0.2) is 54.6 Å². The lowest BCUT2D eigenvalue weighted by atomic mass is 9.90. The van der Waals surface area contributed by atoms with Crippen molar-refractivity contribution in [1.82, 2.24) is 0 Å². The van der Waals surface area contributed by atoms with Gasteiger partial charge in [0.15, 0.2) is 10.5 Å². The van der Waals surface area contributed by atoms with E-state index in [0.717, 1.165) is 0 Å². The van der Waals surface area contributed by atoms with Gasteiger partial charge in [0.05, 0.1) is 5.69 Å². The zero-order valence-electron chi connectivity index (χ0n) is 11.8. The number of thioether (sulfide) groups is 1. The molecule has 0 fully saturated rings. The SMILES string of the molecule is CC1(SC#N)C(=O)c2ccccc2N(c2ccccc2)C1=O. The molecule has 1 atom stereocenters. The molecular formula is C17H12N2O2S. The third-order valence-corrected chi connectivity index (χ3v) is 4.56. The summed E-state index contributed by atoms with van der Waals surface area (Å²) in [5.41, 5.74) is 1.69. The summed E-state index contributed by atoms with van der Waals surface area (Å²) in [5.74, 6) is -0.721. The van der Waals surface area contributed by atoms with Gasteiger partial charge in [-0.05, 0) is 43.0 Å². The Morgan fingerprint density at radius 3 is 2.36 bits per heavy atom. The summed E-state index contributed by atoms with van der Waals surface area (Å²) in [7, 11) is 0. The normalized spacial score (nSPS) is 20.5. The number of ketones is 1. The lowest BCUT2D eigenvalue weighted by molar-refractivity contribution is -0.118. The van der Waals surface area contributed by atoms with E-state index in [9.17, 15) is 9.59 Å². The summed E-state index contributed by atoms with van der Waals surface area (Å²) in [6, 6.07) is 16.1. The van der Waals surface area contributed by atoms with E-state index < -0.39 is 10.7 Å². The molecule has 0 saturated carbocycles. The second-order valence-electron chi connectivity index (χ2n) is 5.05. The van der Waals surface area contributed by atoms with Crippen LogP contribution in [-0.2, 0) is 4.79 Å². The minimum Gasteiger partial charge on any atom is -0.292 e. The van der Waals surface area contributed by atoms with Gasteiger partial charge in [-0.2, -0.15) is 5.26 Å². The van der Waals surface area contributed by atoms with Crippen LogP contribution in [0.25, 0.3) is 0 Å². The lowest BCUT2D eigenvalue weighted by Crippen LogP contribution is -2.52. The van der Waals surface area contributed by atoms with Crippen LogP contribution in [0.3, 0.4) is 0 Å². The first-order chi connectivity index (χ1) is 10.6. The zero-order chi connectivity index (χ0) is 15.7. The second kappa shape index (κ2) is 5.32.